The Labute approximate surface area is 172 Å². The van der Waals surface area contributed by atoms with Gasteiger partial charge in [-0.2, -0.15) is 0 Å². The van der Waals surface area contributed by atoms with Crippen molar-refractivity contribution < 1.29 is 9.53 Å². The van der Waals surface area contributed by atoms with Crippen LogP contribution in [0.1, 0.15) is 36.8 Å². The van der Waals surface area contributed by atoms with E-state index in [9.17, 15) is 4.79 Å². The summed E-state index contributed by atoms with van der Waals surface area (Å²) in [6.07, 6.45) is 1.04. The summed E-state index contributed by atoms with van der Waals surface area (Å²) in [7, 11) is 0. The van der Waals surface area contributed by atoms with Gasteiger partial charge in [-0.3, -0.25) is 5.32 Å². The molecule has 8 heteroatoms. The van der Waals surface area contributed by atoms with Gasteiger partial charge in [-0.15, -0.1) is 10.2 Å². The number of halogens is 1. The van der Waals surface area contributed by atoms with Crippen LogP contribution < -0.4 is 15.4 Å². The van der Waals surface area contributed by atoms with Crippen LogP contribution in [0.5, 0.6) is 5.75 Å². The maximum atomic E-state index is 12.1. The first-order valence-corrected chi connectivity index (χ1v) is 10.1. The van der Waals surface area contributed by atoms with Crippen LogP contribution in [0.25, 0.3) is 0 Å². The number of aromatic nitrogens is 2. The van der Waals surface area contributed by atoms with Crippen LogP contribution in [0.15, 0.2) is 48.5 Å². The van der Waals surface area contributed by atoms with Crippen molar-refractivity contribution in [3.8, 4) is 5.75 Å². The van der Waals surface area contributed by atoms with E-state index in [1.165, 1.54) is 16.9 Å². The van der Waals surface area contributed by atoms with Crippen molar-refractivity contribution >= 4 is 39.8 Å². The van der Waals surface area contributed by atoms with E-state index in [4.69, 9.17) is 16.3 Å². The van der Waals surface area contributed by atoms with E-state index in [1.54, 1.807) is 24.3 Å². The van der Waals surface area contributed by atoms with Gasteiger partial charge < -0.3 is 10.1 Å². The average Bonchev–Trinajstić information content (AvgIpc) is 3.15. The fourth-order valence-corrected chi connectivity index (χ4v) is 3.31. The molecule has 0 bridgehead atoms. The van der Waals surface area contributed by atoms with Gasteiger partial charge in [-0.1, -0.05) is 55.0 Å². The van der Waals surface area contributed by atoms with Gasteiger partial charge in [0.1, 0.15) is 12.4 Å². The first kappa shape index (κ1) is 20.1. The number of nitrogens with one attached hydrogen (secondary N) is 2. The quantitative estimate of drug-likeness (QED) is 0.500. The van der Waals surface area contributed by atoms with Gasteiger partial charge in [0.05, 0.1) is 0 Å². The van der Waals surface area contributed by atoms with Crippen molar-refractivity contribution in [1.82, 2.24) is 10.2 Å². The minimum Gasteiger partial charge on any atom is -0.486 e. The second kappa shape index (κ2) is 9.52. The molecule has 28 heavy (non-hydrogen) atoms. The van der Waals surface area contributed by atoms with Crippen molar-refractivity contribution in [3.63, 3.8) is 0 Å². The largest absolute Gasteiger partial charge is 0.486 e. The van der Waals surface area contributed by atoms with Gasteiger partial charge in [0, 0.05) is 10.7 Å². The zero-order valence-electron chi connectivity index (χ0n) is 15.6. The third-order valence-electron chi connectivity index (χ3n) is 4.20. The van der Waals surface area contributed by atoms with E-state index in [-0.39, 0.29) is 0 Å². The molecule has 0 radical (unpaired) electrons. The molecule has 0 aliphatic heterocycles. The normalized spacial score (nSPS) is 11.7. The molecule has 1 aromatic heterocycles. The van der Waals surface area contributed by atoms with Gasteiger partial charge in [-0.25, -0.2) is 4.79 Å². The molecule has 0 saturated heterocycles. The third kappa shape index (κ3) is 5.43. The number of para-hydroxylation sites is 1. The number of hydrogen-bond acceptors (Lipinski definition) is 5. The molecule has 0 saturated carbocycles. The standard InChI is InChI=1S/C20H21ClN4O2S/c1-3-13(2)16-6-4-5-7-17(16)27-12-18-24-25-20(28-18)23-19(26)22-15-10-8-14(21)9-11-15/h4-11,13H,3,12H2,1-2H3,(H2,22,23,25,26). The number of carbonyl (C=O) groups excluding carboxylic acids is 1. The van der Waals surface area contributed by atoms with Crippen molar-refractivity contribution in [3.05, 3.63) is 64.1 Å². The monoisotopic (exact) mass is 416 g/mol. The summed E-state index contributed by atoms with van der Waals surface area (Å²) in [4.78, 5) is 12.1. The predicted octanol–water partition coefficient (Wildman–Crippen LogP) is 5.93. The molecule has 3 rings (SSSR count). The summed E-state index contributed by atoms with van der Waals surface area (Å²) in [6, 6.07) is 14.5. The van der Waals surface area contributed by atoms with Crippen LogP contribution >= 0.6 is 22.9 Å². The molecular weight excluding hydrogens is 396 g/mol. The molecule has 1 atom stereocenters. The van der Waals surface area contributed by atoms with Gasteiger partial charge in [0.2, 0.25) is 5.13 Å². The Balaban J connectivity index is 1.56. The van der Waals surface area contributed by atoms with Crippen molar-refractivity contribution in [2.45, 2.75) is 32.8 Å². The Hall–Kier alpha value is -2.64. The first-order valence-electron chi connectivity index (χ1n) is 8.93. The summed E-state index contributed by atoms with van der Waals surface area (Å²) in [6.45, 7) is 4.62. The molecule has 0 aliphatic carbocycles. The molecular formula is C20H21ClN4O2S. The zero-order chi connectivity index (χ0) is 19.9. The Morgan fingerprint density at radius 1 is 1.14 bits per heavy atom. The van der Waals surface area contributed by atoms with Crippen LogP contribution in [0, 0.1) is 0 Å². The number of hydrogen-bond donors (Lipinski definition) is 2. The SMILES string of the molecule is CCC(C)c1ccccc1OCc1nnc(NC(=O)Nc2ccc(Cl)cc2)s1. The number of benzene rings is 2. The fourth-order valence-electron chi connectivity index (χ4n) is 2.53. The molecule has 146 valence electrons. The summed E-state index contributed by atoms with van der Waals surface area (Å²) >= 11 is 7.11. The molecule has 2 aromatic carbocycles. The number of carbonyl (C=O) groups is 1. The summed E-state index contributed by atoms with van der Waals surface area (Å²) < 4.78 is 5.94. The lowest BCUT2D eigenvalue weighted by atomic mass is 9.98. The average molecular weight is 417 g/mol. The maximum Gasteiger partial charge on any atom is 0.325 e. The summed E-state index contributed by atoms with van der Waals surface area (Å²) in [5.41, 5.74) is 1.81. The zero-order valence-corrected chi connectivity index (χ0v) is 17.2. The van der Waals surface area contributed by atoms with Gasteiger partial charge in [0.25, 0.3) is 0 Å². The van der Waals surface area contributed by atoms with Crippen molar-refractivity contribution in [2.75, 3.05) is 10.6 Å². The molecule has 3 aromatic rings. The second-order valence-corrected chi connectivity index (χ2v) is 7.72. The van der Waals surface area contributed by atoms with Gasteiger partial charge in [0.15, 0.2) is 5.01 Å². The lowest BCUT2D eigenvalue weighted by molar-refractivity contribution is 0.262. The van der Waals surface area contributed by atoms with Crippen molar-refractivity contribution in [2.24, 2.45) is 0 Å². The van der Waals surface area contributed by atoms with Crippen LogP contribution in [-0.4, -0.2) is 16.2 Å². The molecule has 0 aliphatic rings. The number of nitrogens with zero attached hydrogens (tertiary/aromatic N) is 2. The second-order valence-electron chi connectivity index (χ2n) is 6.22. The van der Waals surface area contributed by atoms with E-state index >= 15 is 0 Å². The topological polar surface area (TPSA) is 76.1 Å². The third-order valence-corrected chi connectivity index (χ3v) is 5.27. The van der Waals surface area contributed by atoms with E-state index in [1.807, 2.05) is 18.2 Å². The van der Waals surface area contributed by atoms with Crippen LogP contribution in [-0.2, 0) is 6.61 Å². The smallest absolute Gasteiger partial charge is 0.325 e. The lowest BCUT2D eigenvalue weighted by Gasteiger charge is -2.14. The van der Waals surface area contributed by atoms with E-state index in [2.05, 4.69) is 40.7 Å². The van der Waals surface area contributed by atoms with E-state index in [0.717, 1.165) is 12.2 Å². The molecule has 6 nitrogen and oxygen atoms in total. The molecule has 0 fully saturated rings. The van der Waals surface area contributed by atoms with Gasteiger partial charge >= 0.3 is 6.03 Å². The van der Waals surface area contributed by atoms with Crippen LogP contribution in [0.4, 0.5) is 15.6 Å². The van der Waals surface area contributed by atoms with Crippen LogP contribution in [0.2, 0.25) is 5.02 Å². The molecule has 2 amide bonds. The highest BCUT2D eigenvalue weighted by Gasteiger charge is 2.12. The maximum absolute atomic E-state index is 12.1. The molecule has 1 unspecified atom stereocenters. The lowest BCUT2D eigenvalue weighted by Crippen LogP contribution is -2.19. The van der Waals surface area contributed by atoms with E-state index < -0.39 is 6.03 Å². The first-order chi connectivity index (χ1) is 13.5. The van der Waals surface area contributed by atoms with Gasteiger partial charge in [-0.05, 0) is 48.2 Å². The molecule has 1 heterocycles. The van der Waals surface area contributed by atoms with E-state index in [0.29, 0.717) is 33.4 Å². The highest BCUT2D eigenvalue weighted by atomic mass is 35.5. The summed E-state index contributed by atoms with van der Waals surface area (Å²) in [5, 5.41) is 15.1. The van der Waals surface area contributed by atoms with Crippen molar-refractivity contribution in [1.29, 1.82) is 0 Å². The predicted molar refractivity (Wildman–Crippen MR) is 113 cm³/mol. The Bertz CT molecular complexity index is 930. The number of amides is 2. The number of anilines is 2. The Kier molecular flexibility index (Phi) is 6.84. The number of ether oxygens (including phenoxy) is 1. The molecule has 2 N–H and O–H groups in total. The minimum atomic E-state index is -0.395. The van der Waals surface area contributed by atoms with Crippen LogP contribution in [0.3, 0.4) is 0 Å². The minimum absolute atomic E-state index is 0.297. The molecule has 0 spiro atoms. The summed E-state index contributed by atoms with van der Waals surface area (Å²) in [5.74, 6) is 1.27. The fraction of sp³-hybridized carbons (Fsp3) is 0.250. The number of urea groups is 1. The Morgan fingerprint density at radius 2 is 1.89 bits per heavy atom. The highest BCUT2D eigenvalue weighted by molar-refractivity contribution is 7.15. The highest BCUT2D eigenvalue weighted by Crippen LogP contribution is 2.29. The number of rotatable bonds is 7. The Morgan fingerprint density at radius 3 is 2.64 bits per heavy atom.